The monoisotopic (exact) mass is 263 g/mol. The van der Waals surface area contributed by atoms with E-state index in [0.717, 1.165) is 18.8 Å². The molecule has 0 radical (unpaired) electrons. The highest BCUT2D eigenvalue weighted by Crippen LogP contribution is 2.29. The molecule has 3 nitrogen and oxygen atoms in total. The minimum atomic E-state index is 0.469. The molecule has 1 fully saturated rings. The van der Waals surface area contributed by atoms with Crippen molar-refractivity contribution in [2.45, 2.75) is 25.3 Å². The van der Waals surface area contributed by atoms with Crippen LogP contribution in [0.1, 0.15) is 24.8 Å². The van der Waals surface area contributed by atoms with Crippen LogP contribution in [0.25, 0.3) is 0 Å². The van der Waals surface area contributed by atoms with Crippen LogP contribution in [0.15, 0.2) is 18.2 Å². The van der Waals surface area contributed by atoms with E-state index in [1.54, 1.807) is 6.07 Å². The summed E-state index contributed by atoms with van der Waals surface area (Å²) in [4.78, 5) is 2.34. The van der Waals surface area contributed by atoms with E-state index in [9.17, 15) is 5.26 Å². The molecule has 0 saturated carbocycles. The molecule has 1 aliphatic heterocycles. The molecule has 0 aromatic heterocycles. The number of nitrogens with zero attached hydrogens (tertiary/aromatic N) is 2. The lowest BCUT2D eigenvalue weighted by Crippen LogP contribution is -2.45. The Morgan fingerprint density at radius 1 is 1.50 bits per heavy atom. The Balaban J connectivity index is 2.30. The van der Waals surface area contributed by atoms with Gasteiger partial charge in [-0.2, -0.15) is 5.26 Å². The fraction of sp³-hybridized carbons (Fsp3) is 0.500. The van der Waals surface area contributed by atoms with Crippen molar-refractivity contribution in [2.24, 2.45) is 0 Å². The largest absolute Gasteiger partial charge is 0.366 e. The van der Waals surface area contributed by atoms with Crippen LogP contribution < -0.4 is 10.2 Å². The van der Waals surface area contributed by atoms with Gasteiger partial charge in [0.25, 0.3) is 0 Å². The molecule has 1 heterocycles. The molecule has 0 spiro atoms. The van der Waals surface area contributed by atoms with E-state index >= 15 is 0 Å². The van der Waals surface area contributed by atoms with Gasteiger partial charge in [-0.3, -0.25) is 0 Å². The van der Waals surface area contributed by atoms with Gasteiger partial charge in [-0.1, -0.05) is 11.6 Å². The minimum absolute atomic E-state index is 0.469. The molecule has 1 aromatic carbocycles. The molecular formula is C14H18ClN3. The molecule has 96 valence electrons. The standard InChI is InChI=1S/C14H18ClN3/c1-17-10-13-4-2-3-7-18(13)14-6-5-12(15)8-11(14)9-16/h5-6,8,13,17H,2-4,7,10H2,1H3. The van der Waals surface area contributed by atoms with E-state index in [1.807, 2.05) is 19.2 Å². The zero-order valence-corrected chi connectivity index (χ0v) is 11.4. The van der Waals surface area contributed by atoms with Crippen LogP contribution in [0.2, 0.25) is 5.02 Å². The van der Waals surface area contributed by atoms with E-state index in [1.165, 1.54) is 19.3 Å². The maximum atomic E-state index is 9.24. The number of rotatable bonds is 3. The normalized spacial score (nSPS) is 19.6. The topological polar surface area (TPSA) is 39.1 Å². The molecule has 1 aromatic rings. The molecule has 18 heavy (non-hydrogen) atoms. The second kappa shape index (κ2) is 6.08. The first kappa shape index (κ1) is 13.2. The number of likely N-dealkylation sites (N-methyl/N-ethyl adjacent to an activating group) is 1. The van der Waals surface area contributed by atoms with Gasteiger partial charge in [0.05, 0.1) is 11.3 Å². The van der Waals surface area contributed by atoms with E-state index in [2.05, 4.69) is 16.3 Å². The fourth-order valence-electron chi connectivity index (χ4n) is 2.61. The fourth-order valence-corrected chi connectivity index (χ4v) is 2.79. The summed E-state index contributed by atoms with van der Waals surface area (Å²) in [6, 6.07) is 8.30. The summed E-state index contributed by atoms with van der Waals surface area (Å²) in [5.41, 5.74) is 1.69. The molecule has 1 aliphatic rings. The first-order valence-corrected chi connectivity index (χ1v) is 6.75. The number of piperidine rings is 1. The number of hydrogen-bond acceptors (Lipinski definition) is 3. The number of anilines is 1. The molecule has 1 saturated heterocycles. The van der Waals surface area contributed by atoms with E-state index < -0.39 is 0 Å². The molecular weight excluding hydrogens is 246 g/mol. The van der Waals surface area contributed by atoms with Crippen LogP contribution in [0.5, 0.6) is 0 Å². The van der Waals surface area contributed by atoms with Crippen LogP contribution in [-0.4, -0.2) is 26.2 Å². The second-order valence-corrected chi connectivity index (χ2v) is 5.11. The lowest BCUT2D eigenvalue weighted by molar-refractivity contribution is 0.446. The van der Waals surface area contributed by atoms with E-state index in [0.29, 0.717) is 16.6 Å². The van der Waals surface area contributed by atoms with Crippen LogP contribution in [0.4, 0.5) is 5.69 Å². The van der Waals surface area contributed by atoms with E-state index in [4.69, 9.17) is 11.6 Å². The summed E-state index contributed by atoms with van der Waals surface area (Å²) in [7, 11) is 1.97. The third kappa shape index (κ3) is 2.77. The zero-order valence-electron chi connectivity index (χ0n) is 10.6. The number of nitriles is 1. The van der Waals surface area contributed by atoms with Gasteiger partial charge in [-0.05, 0) is 44.5 Å². The van der Waals surface area contributed by atoms with Crippen molar-refractivity contribution in [1.29, 1.82) is 5.26 Å². The zero-order chi connectivity index (χ0) is 13.0. The third-order valence-corrected chi connectivity index (χ3v) is 3.69. The Labute approximate surface area is 113 Å². The molecule has 0 amide bonds. The third-order valence-electron chi connectivity index (χ3n) is 3.46. The number of benzene rings is 1. The number of halogens is 1. The van der Waals surface area contributed by atoms with Gasteiger partial charge in [-0.15, -0.1) is 0 Å². The summed E-state index contributed by atoms with van der Waals surface area (Å²) < 4.78 is 0. The van der Waals surface area contributed by atoms with Crippen LogP contribution in [0, 0.1) is 11.3 Å². The second-order valence-electron chi connectivity index (χ2n) is 4.67. The van der Waals surface area contributed by atoms with E-state index in [-0.39, 0.29) is 0 Å². The summed E-state index contributed by atoms with van der Waals surface area (Å²) >= 11 is 5.95. The van der Waals surface area contributed by atoms with Crippen molar-refractivity contribution in [3.63, 3.8) is 0 Å². The quantitative estimate of drug-likeness (QED) is 0.912. The smallest absolute Gasteiger partial charge is 0.101 e. The Bertz CT molecular complexity index is 451. The highest BCUT2D eigenvalue weighted by atomic mass is 35.5. The number of nitrogens with one attached hydrogen (secondary N) is 1. The van der Waals surface area contributed by atoms with Gasteiger partial charge in [0, 0.05) is 24.2 Å². The molecule has 0 bridgehead atoms. The first-order valence-electron chi connectivity index (χ1n) is 6.37. The van der Waals surface area contributed by atoms with Crippen molar-refractivity contribution in [1.82, 2.24) is 5.32 Å². The van der Waals surface area contributed by atoms with Gasteiger partial charge in [0.1, 0.15) is 6.07 Å². The van der Waals surface area contributed by atoms with Gasteiger partial charge < -0.3 is 10.2 Å². The van der Waals surface area contributed by atoms with Gasteiger partial charge in [0.2, 0.25) is 0 Å². The minimum Gasteiger partial charge on any atom is -0.366 e. The predicted octanol–water partition coefficient (Wildman–Crippen LogP) is 2.79. The van der Waals surface area contributed by atoms with Crippen molar-refractivity contribution < 1.29 is 0 Å². The Kier molecular flexibility index (Phi) is 4.46. The average molecular weight is 264 g/mol. The van der Waals surface area contributed by atoms with Crippen LogP contribution >= 0.6 is 11.6 Å². The summed E-state index contributed by atoms with van der Waals surface area (Å²) in [5.74, 6) is 0. The van der Waals surface area contributed by atoms with Crippen LogP contribution in [-0.2, 0) is 0 Å². The molecule has 1 unspecified atom stereocenters. The van der Waals surface area contributed by atoms with Crippen LogP contribution in [0.3, 0.4) is 0 Å². The Morgan fingerprint density at radius 2 is 2.33 bits per heavy atom. The van der Waals surface area contributed by atoms with Crippen molar-refractivity contribution in [3.8, 4) is 6.07 Å². The first-order chi connectivity index (χ1) is 8.76. The van der Waals surface area contributed by atoms with Crippen molar-refractivity contribution >= 4 is 17.3 Å². The van der Waals surface area contributed by atoms with Crippen molar-refractivity contribution in [3.05, 3.63) is 28.8 Å². The summed E-state index contributed by atoms with van der Waals surface area (Å²) in [6.45, 7) is 1.97. The Hall–Kier alpha value is -1.24. The van der Waals surface area contributed by atoms with Crippen molar-refractivity contribution in [2.75, 3.05) is 25.0 Å². The molecule has 1 atom stereocenters. The predicted molar refractivity (Wildman–Crippen MR) is 75.1 cm³/mol. The maximum Gasteiger partial charge on any atom is 0.101 e. The lowest BCUT2D eigenvalue weighted by atomic mass is 10.00. The van der Waals surface area contributed by atoms with Gasteiger partial charge in [-0.25, -0.2) is 0 Å². The highest BCUT2D eigenvalue weighted by molar-refractivity contribution is 6.30. The number of hydrogen-bond donors (Lipinski definition) is 1. The Morgan fingerprint density at radius 3 is 3.06 bits per heavy atom. The molecule has 4 heteroatoms. The molecule has 2 rings (SSSR count). The van der Waals surface area contributed by atoms with Gasteiger partial charge >= 0.3 is 0 Å². The maximum absolute atomic E-state index is 9.24. The lowest BCUT2D eigenvalue weighted by Gasteiger charge is -2.38. The average Bonchev–Trinajstić information content (AvgIpc) is 2.40. The molecule has 0 aliphatic carbocycles. The molecule has 1 N–H and O–H groups in total. The summed E-state index contributed by atoms with van der Waals surface area (Å²) in [6.07, 6.45) is 3.63. The highest BCUT2D eigenvalue weighted by Gasteiger charge is 2.23. The SMILES string of the molecule is CNCC1CCCCN1c1ccc(Cl)cc1C#N. The summed E-state index contributed by atoms with van der Waals surface area (Å²) in [5, 5.41) is 13.1. The van der Waals surface area contributed by atoms with Gasteiger partial charge in [0.15, 0.2) is 0 Å².